The molecule has 0 aliphatic carbocycles. The molecular weight excluding hydrogens is 317 g/mol. The van der Waals surface area contributed by atoms with Crippen LogP contribution in [0.1, 0.15) is 44.1 Å². The predicted octanol–water partition coefficient (Wildman–Crippen LogP) is 2.75. The van der Waals surface area contributed by atoms with Crippen molar-refractivity contribution in [2.24, 2.45) is 0 Å². The van der Waals surface area contributed by atoms with E-state index in [1.165, 1.54) is 12.1 Å². The van der Waals surface area contributed by atoms with Gasteiger partial charge in [-0.2, -0.15) is 0 Å². The highest BCUT2D eigenvalue weighted by molar-refractivity contribution is 7.91. The van der Waals surface area contributed by atoms with Crippen molar-refractivity contribution in [1.82, 2.24) is 4.90 Å². The highest BCUT2D eigenvalue weighted by Gasteiger charge is 2.33. The lowest BCUT2D eigenvalue weighted by molar-refractivity contribution is -0.132. The Morgan fingerprint density at radius 3 is 2.52 bits per heavy atom. The van der Waals surface area contributed by atoms with E-state index in [-0.39, 0.29) is 35.2 Å². The second kappa shape index (κ2) is 7.43. The molecule has 2 rings (SSSR count). The summed E-state index contributed by atoms with van der Waals surface area (Å²) in [6.07, 6.45) is 2.61. The SMILES string of the molecule is CCCC(CC(=O)N(C)C1CCS(=O)(=O)C1)c1ccc(F)cc1. The summed E-state index contributed by atoms with van der Waals surface area (Å²) in [7, 11) is -1.32. The number of carbonyl (C=O) groups is 1. The Hall–Kier alpha value is -1.43. The molecule has 0 saturated carbocycles. The third-order valence-corrected chi connectivity index (χ3v) is 6.30. The lowest BCUT2D eigenvalue weighted by atomic mass is 9.91. The Labute approximate surface area is 137 Å². The van der Waals surface area contributed by atoms with Gasteiger partial charge in [0.1, 0.15) is 5.82 Å². The van der Waals surface area contributed by atoms with Gasteiger partial charge in [-0.05, 0) is 36.5 Å². The Balaban J connectivity index is 2.04. The van der Waals surface area contributed by atoms with E-state index in [4.69, 9.17) is 0 Å². The first-order valence-electron chi connectivity index (χ1n) is 8.04. The van der Waals surface area contributed by atoms with E-state index in [1.807, 2.05) is 6.92 Å². The Kier molecular flexibility index (Phi) is 5.79. The average Bonchev–Trinajstić information content (AvgIpc) is 2.87. The second-order valence-corrected chi connectivity index (χ2v) is 8.53. The van der Waals surface area contributed by atoms with E-state index < -0.39 is 9.84 Å². The minimum atomic E-state index is -3.01. The quantitative estimate of drug-likeness (QED) is 0.799. The fourth-order valence-corrected chi connectivity index (χ4v) is 4.88. The van der Waals surface area contributed by atoms with Crippen LogP contribution in [-0.2, 0) is 14.6 Å². The standard InChI is InChI=1S/C17H24FNO3S/c1-3-4-14(13-5-7-15(18)8-6-13)11-17(20)19(2)16-9-10-23(21,22)12-16/h5-8,14,16H,3-4,9-12H2,1-2H3. The molecule has 0 spiro atoms. The summed E-state index contributed by atoms with van der Waals surface area (Å²) in [5.41, 5.74) is 0.953. The van der Waals surface area contributed by atoms with Crippen LogP contribution in [0, 0.1) is 5.82 Å². The van der Waals surface area contributed by atoms with Crippen LogP contribution >= 0.6 is 0 Å². The predicted molar refractivity (Wildman–Crippen MR) is 88.5 cm³/mol. The fraction of sp³-hybridized carbons (Fsp3) is 0.588. The van der Waals surface area contributed by atoms with Crippen molar-refractivity contribution in [3.05, 3.63) is 35.6 Å². The van der Waals surface area contributed by atoms with E-state index in [1.54, 1.807) is 24.1 Å². The van der Waals surface area contributed by atoms with Gasteiger partial charge in [0.05, 0.1) is 11.5 Å². The third-order valence-electron chi connectivity index (χ3n) is 4.55. The average molecular weight is 341 g/mol. The molecule has 2 unspecified atom stereocenters. The van der Waals surface area contributed by atoms with Gasteiger partial charge in [0.2, 0.25) is 5.91 Å². The lowest BCUT2D eigenvalue weighted by Crippen LogP contribution is -2.38. The van der Waals surface area contributed by atoms with Crippen molar-refractivity contribution < 1.29 is 17.6 Å². The highest BCUT2D eigenvalue weighted by Crippen LogP contribution is 2.27. The molecule has 4 nitrogen and oxygen atoms in total. The van der Waals surface area contributed by atoms with Crippen LogP contribution in [0.4, 0.5) is 4.39 Å². The summed E-state index contributed by atoms with van der Waals surface area (Å²) < 4.78 is 36.2. The largest absolute Gasteiger partial charge is 0.342 e. The molecule has 1 aromatic rings. The van der Waals surface area contributed by atoms with Crippen LogP contribution < -0.4 is 0 Å². The van der Waals surface area contributed by atoms with Gasteiger partial charge in [0.25, 0.3) is 0 Å². The summed E-state index contributed by atoms with van der Waals surface area (Å²) in [6, 6.07) is 6.06. The molecule has 1 aliphatic heterocycles. The van der Waals surface area contributed by atoms with Gasteiger partial charge in [-0.1, -0.05) is 25.5 Å². The van der Waals surface area contributed by atoms with Gasteiger partial charge >= 0.3 is 0 Å². The first-order valence-corrected chi connectivity index (χ1v) is 9.86. The van der Waals surface area contributed by atoms with Crippen LogP contribution in [0.5, 0.6) is 0 Å². The van der Waals surface area contributed by atoms with Gasteiger partial charge in [0, 0.05) is 19.5 Å². The Morgan fingerprint density at radius 2 is 2.00 bits per heavy atom. The first kappa shape index (κ1) is 17.9. The zero-order chi connectivity index (χ0) is 17.0. The molecule has 2 atom stereocenters. The Morgan fingerprint density at radius 1 is 1.35 bits per heavy atom. The number of rotatable bonds is 6. The third kappa shape index (κ3) is 4.77. The number of halogens is 1. The monoisotopic (exact) mass is 341 g/mol. The molecule has 0 N–H and O–H groups in total. The lowest BCUT2D eigenvalue weighted by Gasteiger charge is -2.26. The summed E-state index contributed by atoms with van der Waals surface area (Å²) in [5.74, 6) is -0.0809. The molecule has 1 fully saturated rings. The van der Waals surface area contributed by atoms with Crippen LogP contribution in [0.25, 0.3) is 0 Å². The second-order valence-electron chi connectivity index (χ2n) is 6.30. The summed E-state index contributed by atoms with van der Waals surface area (Å²) in [6.45, 7) is 2.05. The fourth-order valence-electron chi connectivity index (χ4n) is 3.11. The summed E-state index contributed by atoms with van der Waals surface area (Å²) in [4.78, 5) is 14.1. The molecule has 0 aromatic heterocycles. The van der Waals surface area contributed by atoms with E-state index in [0.29, 0.717) is 12.8 Å². The molecule has 0 radical (unpaired) electrons. The van der Waals surface area contributed by atoms with E-state index in [2.05, 4.69) is 0 Å². The van der Waals surface area contributed by atoms with Gasteiger partial charge in [-0.25, -0.2) is 12.8 Å². The number of benzene rings is 1. The van der Waals surface area contributed by atoms with Crippen LogP contribution in [0.15, 0.2) is 24.3 Å². The maximum Gasteiger partial charge on any atom is 0.223 e. The molecule has 128 valence electrons. The normalized spacial score (nSPS) is 21.1. The van der Waals surface area contributed by atoms with Gasteiger partial charge < -0.3 is 4.90 Å². The first-order chi connectivity index (χ1) is 10.8. The molecule has 6 heteroatoms. The smallest absolute Gasteiger partial charge is 0.223 e. The van der Waals surface area contributed by atoms with Gasteiger partial charge in [0.15, 0.2) is 9.84 Å². The minimum absolute atomic E-state index is 0.0357. The van der Waals surface area contributed by atoms with Gasteiger partial charge in [-0.15, -0.1) is 0 Å². The van der Waals surface area contributed by atoms with Crippen LogP contribution in [0.2, 0.25) is 0 Å². The zero-order valence-electron chi connectivity index (χ0n) is 13.7. The molecule has 1 aliphatic rings. The van der Waals surface area contributed by atoms with E-state index in [9.17, 15) is 17.6 Å². The molecule has 0 bridgehead atoms. The highest BCUT2D eigenvalue weighted by atomic mass is 32.2. The van der Waals surface area contributed by atoms with Crippen molar-refractivity contribution in [3.63, 3.8) is 0 Å². The number of hydrogen-bond donors (Lipinski definition) is 0. The minimum Gasteiger partial charge on any atom is -0.342 e. The van der Waals surface area contributed by atoms with Crippen molar-refractivity contribution >= 4 is 15.7 Å². The van der Waals surface area contributed by atoms with Crippen molar-refractivity contribution in [3.8, 4) is 0 Å². The number of sulfone groups is 1. The maximum absolute atomic E-state index is 13.1. The zero-order valence-corrected chi connectivity index (χ0v) is 14.5. The topological polar surface area (TPSA) is 54.5 Å². The van der Waals surface area contributed by atoms with Crippen LogP contribution in [-0.4, -0.2) is 43.8 Å². The number of carbonyl (C=O) groups excluding carboxylic acids is 1. The van der Waals surface area contributed by atoms with Crippen molar-refractivity contribution in [2.75, 3.05) is 18.6 Å². The number of nitrogens with zero attached hydrogens (tertiary/aromatic N) is 1. The summed E-state index contributed by atoms with van der Waals surface area (Å²) in [5, 5.41) is 0. The molecule has 1 aromatic carbocycles. The van der Waals surface area contributed by atoms with Gasteiger partial charge in [-0.3, -0.25) is 4.79 Å². The maximum atomic E-state index is 13.1. The molecule has 23 heavy (non-hydrogen) atoms. The van der Waals surface area contributed by atoms with Crippen molar-refractivity contribution in [2.45, 2.75) is 44.6 Å². The number of amides is 1. The molecule has 1 amide bonds. The molecular formula is C17H24FNO3S. The van der Waals surface area contributed by atoms with Crippen LogP contribution in [0.3, 0.4) is 0 Å². The summed E-state index contributed by atoms with van der Waals surface area (Å²) >= 11 is 0. The Bertz CT molecular complexity index is 642. The molecule has 1 saturated heterocycles. The molecule has 1 heterocycles. The number of hydrogen-bond acceptors (Lipinski definition) is 3. The van der Waals surface area contributed by atoms with E-state index in [0.717, 1.165) is 18.4 Å². The van der Waals surface area contributed by atoms with E-state index >= 15 is 0 Å². The van der Waals surface area contributed by atoms with Crippen molar-refractivity contribution in [1.29, 1.82) is 0 Å².